The fraction of sp³-hybridized carbons (Fsp3) is 0.286. The molecule has 1 unspecified atom stereocenters. The Morgan fingerprint density at radius 1 is 1.33 bits per heavy atom. The summed E-state index contributed by atoms with van der Waals surface area (Å²) in [6.07, 6.45) is 0.361. The topological polar surface area (TPSA) is 29.5 Å². The molecule has 0 aliphatic carbocycles. The van der Waals surface area contributed by atoms with Crippen molar-refractivity contribution < 1.29 is 9.84 Å². The van der Waals surface area contributed by atoms with Crippen LogP contribution in [0.1, 0.15) is 28.3 Å². The number of hydrogen-bond donors (Lipinski definition) is 1. The zero-order valence-corrected chi connectivity index (χ0v) is 11.9. The first-order valence-corrected chi connectivity index (χ1v) is 6.95. The minimum atomic E-state index is -0.626. The van der Waals surface area contributed by atoms with Crippen molar-refractivity contribution in [3.05, 3.63) is 50.7 Å². The molecule has 2 rings (SSSR count). The van der Waals surface area contributed by atoms with Gasteiger partial charge in [0, 0.05) is 9.75 Å². The first-order valence-electron chi connectivity index (χ1n) is 5.75. The van der Waals surface area contributed by atoms with Gasteiger partial charge in [0.1, 0.15) is 11.9 Å². The second-order valence-corrected chi connectivity index (χ2v) is 5.56. The summed E-state index contributed by atoms with van der Waals surface area (Å²) in [5.41, 5.74) is 0.783. The highest BCUT2D eigenvalue weighted by Crippen LogP contribution is 2.33. The third-order valence-corrected chi connectivity index (χ3v) is 4.37. The van der Waals surface area contributed by atoms with E-state index in [-0.39, 0.29) is 0 Å². The van der Waals surface area contributed by atoms with Crippen molar-refractivity contribution in [2.45, 2.75) is 19.4 Å². The van der Waals surface area contributed by atoms with E-state index < -0.39 is 6.10 Å². The van der Waals surface area contributed by atoms with Crippen LogP contribution in [0.3, 0.4) is 0 Å². The number of aliphatic hydroxyl groups excluding tert-OH is 1. The molecule has 0 amide bonds. The summed E-state index contributed by atoms with van der Waals surface area (Å²) in [5, 5.41) is 10.8. The van der Waals surface area contributed by atoms with Crippen molar-refractivity contribution in [2.75, 3.05) is 7.11 Å². The predicted octanol–water partition coefficient (Wildman–Crippen LogP) is 4.05. The largest absolute Gasteiger partial charge is 0.495 e. The first kappa shape index (κ1) is 13.4. The number of hydrogen-bond acceptors (Lipinski definition) is 3. The van der Waals surface area contributed by atoms with Crippen LogP contribution in [0.15, 0.2) is 30.3 Å². The Morgan fingerprint density at radius 3 is 2.67 bits per heavy atom. The van der Waals surface area contributed by atoms with Crippen LogP contribution >= 0.6 is 22.9 Å². The van der Waals surface area contributed by atoms with Crippen molar-refractivity contribution in [1.29, 1.82) is 0 Å². The van der Waals surface area contributed by atoms with Crippen LogP contribution in [0.4, 0.5) is 0 Å². The second-order valence-electron chi connectivity index (χ2n) is 3.95. The van der Waals surface area contributed by atoms with Crippen LogP contribution in [-0.4, -0.2) is 12.2 Å². The Morgan fingerprint density at radius 2 is 2.11 bits per heavy atom. The number of thiophene rings is 1. The summed E-state index contributed by atoms with van der Waals surface area (Å²) < 4.78 is 5.10. The summed E-state index contributed by atoms with van der Waals surface area (Å²) in [7, 11) is 1.57. The van der Waals surface area contributed by atoms with E-state index >= 15 is 0 Å². The van der Waals surface area contributed by atoms with Gasteiger partial charge in [-0.25, -0.2) is 0 Å². The Kier molecular flexibility index (Phi) is 4.27. The van der Waals surface area contributed by atoms with E-state index in [2.05, 4.69) is 6.92 Å². The maximum atomic E-state index is 10.3. The highest BCUT2D eigenvalue weighted by atomic mass is 35.5. The van der Waals surface area contributed by atoms with Crippen LogP contribution in [0.2, 0.25) is 5.02 Å². The molecule has 0 aliphatic heterocycles. The maximum absolute atomic E-state index is 10.3. The van der Waals surface area contributed by atoms with E-state index in [1.165, 1.54) is 4.88 Å². The highest BCUT2D eigenvalue weighted by molar-refractivity contribution is 7.12. The third-order valence-electron chi connectivity index (χ3n) is 2.79. The van der Waals surface area contributed by atoms with Gasteiger partial charge in [-0.3, -0.25) is 0 Å². The minimum Gasteiger partial charge on any atom is -0.495 e. The molecule has 18 heavy (non-hydrogen) atoms. The zero-order valence-electron chi connectivity index (χ0n) is 10.3. The number of benzene rings is 1. The van der Waals surface area contributed by atoms with Gasteiger partial charge in [0.15, 0.2) is 0 Å². The lowest BCUT2D eigenvalue weighted by Gasteiger charge is -2.11. The molecule has 0 bridgehead atoms. The molecule has 1 heterocycles. The molecule has 2 aromatic rings. The summed E-state index contributed by atoms with van der Waals surface area (Å²) in [6, 6.07) is 9.37. The Labute approximate surface area is 116 Å². The lowest BCUT2D eigenvalue weighted by Crippen LogP contribution is -1.97. The molecule has 2 nitrogen and oxygen atoms in total. The molecule has 96 valence electrons. The van der Waals surface area contributed by atoms with E-state index in [0.29, 0.717) is 10.8 Å². The van der Waals surface area contributed by atoms with E-state index in [0.717, 1.165) is 16.9 Å². The molecule has 1 aromatic heterocycles. The van der Waals surface area contributed by atoms with Crippen molar-refractivity contribution in [2.24, 2.45) is 0 Å². The number of rotatable bonds is 4. The number of aryl methyl sites for hydroxylation is 1. The van der Waals surface area contributed by atoms with Crippen LogP contribution in [-0.2, 0) is 6.42 Å². The lowest BCUT2D eigenvalue weighted by atomic mass is 10.1. The van der Waals surface area contributed by atoms with Crippen molar-refractivity contribution in [1.82, 2.24) is 0 Å². The van der Waals surface area contributed by atoms with Gasteiger partial charge in [0.2, 0.25) is 0 Å². The molecular weight excluding hydrogens is 268 g/mol. The predicted molar refractivity (Wildman–Crippen MR) is 75.8 cm³/mol. The fourth-order valence-corrected chi connectivity index (χ4v) is 2.98. The number of halogens is 1. The van der Waals surface area contributed by atoms with Gasteiger partial charge in [-0.2, -0.15) is 0 Å². The van der Waals surface area contributed by atoms with Gasteiger partial charge in [0.05, 0.1) is 12.1 Å². The lowest BCUT2D eigenvalue weighted by molar-refractivity contribution is 0.224. The second kappa shape index (κ2) is 5.74. The van der Waals surface area contributed by atoms with Gasteiger partial charge < -0.3 is 9.84 Å². The van der Waals surface area contributed by atoms with Crippen molar-refractivity contribution in [3.63, 3.8) is 0 Å². The smallest absolute Gasteiger partial charge is 0.137 e. The van der Waals surface area contributed by atoms with Crippen LogP contribution in [0.25, 0.3) is 0 Å². The highest BCUT2D eigenvalue weighted by Gasteiger charge is 2.14. The molecule has 1 aromatic carbocycles. The summed E-state index contributed by atoms with van der Waals surface area (Å²) in [4.78, 5) is 2.21. The molecule has 0 saturated carbocycles. The molecule has 1 atom stereocenters. The Bertz CT molecular complexity index is 536. The van der Waals surface area contributed by atoms with Crippen LogP contribution < -0.4 is 4.74 Å². The molecule has 0 saturated heterocycles. The first-order chi connectivity index (χ1) is 8.65. The van der Waals surface area contributed by atoms with E-state index in [9.17, 15) is 5.11 Å². The van der Waals surface area contributed by atoms with E-state index in [1.807, 2.05) is 18.2 Å². The number of methoxy groups -OCH3 is 1. The quantitative estimate of drug-likeness (QED) is 0.916. The monoisotopic (exact) mass is 282 g/mol. The molecule has 0 radical (unpaired) electrons. The fourth-order valence-electron chi connectivity index (χ4n) is 1.75. The summed E-state index contributed by atoms with van der Waals surface area (Å²) in [5.74, 6) is 0.619. The maximum Gasteiger partial charge on any atom is 0.137 e. The van der Waals surface area contributed by atoms with Crippen LogP contribution in [0, 0.1) is 0 Å². The SMILES string of the molecule is CCc1ccc(C(O)c2ccc(OC)c(Cl)c2)s1. The van der Waals surface area contributed by atoms with Gasteiger partial charge >= 0.3 is 0 Å². The molecule has 0 fully saturated rings. The molecule has 4 heteroatoms. The Balaban J connectivity index is 2.27. The van der Waals surface area contributed by atoms with Crippen molar-refractivity contribution >= 4 is 22.9 Å². The standard InChI is InChI=1S/C14H15ClO2S/c1-3-10-5-7-13(18-10)14(16)9-4-6-12(17-2)11(15)8-9/h4-8,14,16H,3H2,1-2H3. The number of ether oxygens (including phenoxy) is 1. The van der Waals surface area contributed by atoms with Gasteiger partial charge in [0.25, 0.3) is 0 Å². The molecule has 1 N–H and O–H groups in total. The van der Waals surface area contributed by atoms with Gasteiger partial charge in [-0.15, -0.1) is 11.3 Å². The Hall–Kier alpha value is -1.03. The average molecular weight is 283 g/mol. The van der Waals surface area contributed by atoms with Crippen LogP contribution in [0.5, 0.6) is 5.75 Å². The van der Waals surface area contributed by atoms with Gasteiger partial charge in [-0.1, -0.05) is 24.6 Å². The number of aliphatic hydroxyl groups is 1. The minimum absolute atomic E-state index is 0.515. The van der Waals surface area contributed by atoms with Gasteiger partial charge in [-0.05, 0) is 36.2 Å². The summed E-state index contributed by atoms with van der Waals surface area (Å²) in [6.45, 7) is 2.10. The zero-order chi connectivity index (χ0) is 13.1. The molecule has 0 aliphatic rings. The molecule has 0 spiro atoms. The third kappa shape index (κ3) is 2.69. The van der Waals surface area contributed by atoms with E-state index in [4.69, 9.17) is 16.3 Å². The van der Waals surface area contributed by atoms with Crippen molar-refractivity contribution in [3.8, 4) is 5.75 Å². The summed E-state index contributed by atoms with van der Waals surface area (Å²) >= 11 is 7.69. The average Bonchev–Trinajstić information content (AvgIpc) is 2.86. The molecular formula is C14H15ClO2S. The van der Waals surface area contributed by atoms with E-state index in [1.54, 1.807) is 30.6 Å². The normalized spacial score (nSPS) is 12.4.